The summed E-state index contributed by atoms with van der Waals surface area (Å²) in [5.41, 5.74) is 3.26. The molecule has 0 radical (unpaired) electrons. The molecule has 1 N–H and O–H groups in total. The first-order valence-corrected chi connectivity index (χ1v) is 8.26. The Kier molecular flexibility index (Phi) is 4.46. The first-order chi connectivity index (χ1) is 11.5. The van der Waals surface area contributed by atoms with E-state index in [1.165, 1.54) is 16.6 Å². The number of aromatic carboxylic acids is 1. The zero-order chi connectivity index (χ0) is 17.3. The summed E-state index contributed by atoms with van der Waals surface area (Å²) < 4.78 is 1.43. The number of rotatable bonds is 4. The second-order valence-corrected chi connectivity index (χ2v) is 6.29. The van der Waals surface area contributed by atoms with E-state index < -0.39 is 11.5 Å². The maximum absolute atomic E-state index is 12.3. The van der Waals surface area contributed by atoms with Crippen LogP contribution >= 0.6 is 0 Å². The summed E-state index contributed by atoms with van der Waals surface area (Å²) in [4.78, 5) is 32.7. The third-order valence-electron chi connectivity index (χ3n) is 4.60. The average Bonchev–Trinajstić information content (AvgIpc) is 2.54. The van der Waals surface area contributed by atoms with E-state index in [0.717, 1.165) is 36.5 Å². The molecule has 0 aromatic carbocycles. The van der Waals surface area contributed by atoms with Gasteiger partial charge in [-0.1, -0.05) is 0 Å². The fourth-order valence-electron chi connectivity index (χ4n) is 3.28. The van der Waals surface area contributed by atoms with Crippen molar-refractivity contribution in [2.75, 3.05) is 0 Å². The Morgan fingerprint density at radius 3 is 2.75 bits per heavy atom. The number of hydrogen-bond donors (Lipinski definition) is 1. The van der Waals surface area contributed by atoms with E-state index in [4.69, 9.17) is 0 Å². The van der Waals surface area contributed by atoms with Gasteiger partial charge in [-0.25, -0.2) is 14.8 Å². The first-order valence-electron chi connectivity index (χ1n) is 8.26. The standard InChI is InChI=1S/C18H21N3O3/c1-11-7-9-21(17(22)16(11)18(23)24)10-8-15-19-12(2)13-5-3-4-6-14(13)20-15/h7,9H,3-6,8,10H2,1-2H3,(H,23,24). The lowest BCUT2D eigenvalue weighted by Crippen LogP contribution is -2.28. The van der Waals surface area contributed by atoms with E-state index in [1.807, 2.05) is 6.92 Å². The highest BCUT2D eigenvalue weighted by Crippen LogP contribution is 2.21. The van der Waals surface area contributed by atoms with Crippen molar-refractivity contribution in [2.24, 2.45) is 0 Å². The van der Waals surface area contributed by atoms with Gasteiger partial charge in [0, 0.05) is 30.6 Å². The van der Waals surface area contributed by atoms with Crippen molar-refractivity contribution < 1.29 is 9.90 Å². The minimum atomic E-state index is -1.19. The van der Waals surface area contributed by atoms with Crippen LogP contribution in [-0.2, 0) is 25.8 Å². The van der Waals surface area contributed by atoms with Crippen molar-refractivity contribution >= 4 is 5.97 Å². The van der Waals surface area contributed by atoms with Crippen LogP contribution in [0.25, 0.3) is 0 Å². The van der Waals surface area contributed by atoms with Crippen LogP contribution in [0.1, 0.15) is 51.5 Å². The summed E-state index contributed by atoms with van der Waals surface area (Å²) in [5, 5.41) is 9.19. The van der Waals surface area contributed by atoms with Gasteiger partial charge in [-0.3, -0.25) is 4.79 Å². The molecule has 0 amide bonds. The highest BCUT2D eigenvalue weighted by Gasteiger charge is 2.17. The van der Waals surface area contributed by atoms with Gasteiger partial charge in [0.2, 0.25) is 0 Å². The first kappa shape index (κ1) is 16.4. The van der Waals surface area contributed by atoms with E-state index in [0.29, 0.717) is 18.5 Å². The van der Waals surface area contributed by atoms with Crippen LogP contribution in [0.3, 0.4) is 0 Å². The lowest BCUT2D eigenvalue weighted by Gasteiger charge is -2.17. The fourth-order valence-corrected chi connectivity index (χ4v) is 3.28. The van der Waals surface area contributed by atoms with Crippen molar-refractivity contribution in [1.82, 2.24) is 14.5 Å². The van der Waals surface area contributed by atoms with Gasteiger partial charge in [-0.2, -0.15) is 0 Å². The van der Waals surface area contributed by atoms with Gasteiger partial charge >= 0.3 is 5.97 Å². The minimum Gasteiger partial charge on any atom is -0.477 e. The van der Waals surface area contributed by atoms with Gasteiger partial charge in [0.15, 0.2) is 0 Å². The topological polar surface area (TPSA) is 85.1 Å². The molecule has 2 aromatic rings. The number of fused-ring (bicyclic) bond motifs is 1. The molecule has 0 fully saturated rings. The summed E-state index contributed by atoms with van der Waals surface area (Å²) >= 11 is 0. The molecule has 0 saturated carbocycles. The number of carboxylic acid groups (broad SMARTS) is 1. The summed E-state index contributed by atoms with van der Waals surface area (Å²) in [6.45, 7) is 4.01. The number of pyridine rings is 1. The largest absolute Gasteiger partial charge is 0.477 e. The van der Waals surface area contributed by atoms with Gasteiger partial charge in [-0.15, -0.1) is 0 Å². The van der Waals surface area contributed by atoms with E-state index >= 15 is 0 Å². The van der Waals surface area contributed by atoms with Crippen LogP contribution in [0.5, 0.6) is 0 Å². The van der Waals surface area contributed by atoms with Gasteiger partial charge in [0.1, 0.15) is 11.4 Å². The van der Waals surface area contributed by atoms with Crippen molar-refractivity contribution in [3.63, 3.8) is 0 Å². The van der Waals surface area contributed by atoms with Crippen LogP contribution in [0.15, 0.2) is 17.1 Å². The monoisotopic (exact) mass is 327 g/mol. The highest BCUT2D eigenvalue weighted by molar-refractivity contribution is 5.88. The Morgan fingerprint density at radius 1 is 1.25 bits per heavy atom. The Morgan fingerprint density at radius 2 is 2.00 bits per heavy atom. The normalized spacial score (nSPS) is 13.6. The zero-order valence-electron chi connectivity index (χ0n) is 14.0. The molecule has 24 heavy (non-hydrogen) atoms. The maximum Gasteiger partial charge on any atom is 0.341 e. The number of carboxylic acids is 1. The molecule has 3 rings (SSSR count). The molecule has 6 heteroatoms. The van der Waals surface area contributed by atoms with E-state index in [2.05, 4.69) is 9.97 Å². The smallest absolute Gasteiger partial charge is 0.341 e. The van der Waals surface area contributed by atoms with Crippen LogP contribution in [0.2, 0.25) is 0 Å². The van der Waals surface area contributed by atoms with Crippen molar-refractivity contribution in [3.05, 3.63) is 56.5 Å². The molecule has 1 aliphatic carbocycles. The van der Waals surface area contributed by atoms with Crippen LogP contribution < -0.4 is 5.56 Å². The molecule has 0 bridgehead atoms. The van der Waals surface area contributed by atoms with Gasteiger partial charge in [0.25, 0.3) is 5.56 Å². The van der Waals surface area contributed by atoms with E-state index in [9.17, 15) is 14.7 Å². The Balaban J connectivity index is 1.84. The molecule has 0 saturated heterocycles. The Bertz CT molecular complexity index is 855. The van der Waals surface area contributed by atoms with E-state index in [-0.39, 0.29) is 5.56 Å². The van der Waals surface area contributed by atoms with E-state index in [1.54, 1.807) is 19.2 Å². The zero-order valence-corrected chi connectivity index (χ0v) is 14.0. The molecule has 0 unspecified atom stereocenters. The van der Waals surface area contributed by atoms with Crippen molar-refractivity contribution in [1.29, 1.82) is 0 Å². The molecule has 0 aliphatic heterocycles. The lowest BCUT2D eigenvalue weighted by molar-refractivity contribution is 0.0693. The Labute approximate surface area is 140 Å². The van der Waals surface area contributed by atoms with Crippen molar-refractivity contribution in [2.45, 2.75) is 52.5 Å². The van der Waals surface area contributed by atoms with Gasteiger partial charge in [-0.05, 0) is 56.7 Å². The number of carbonyl (C=O) groups is 1. The molecule has 0 atom stereocenters. The second kappa shape index (κ2) is 6.55. The molecule has 0 spiro atoms. The van der Waals surface area contributed by atoms with Crippen LogP contribution in [0.4, 0.5) is 0 Å². The third kappa shape index (κ3) is 3.09. The van der Waals surface area contributed by atoms with Crippen molar-refractivity contribution in [3.8, 4) is 0 Å². The van der Waals surface area contributed by atoms with Crippen LogP contribution in [0, 0.1) is 13.8 Å². The Hall–Kier alpha value is -2.50. The summed E-state index contributed by atoms with van der Waals surface area (Å²) in [5.74, 6) is -0.467. The number of nitrogens with zero attached hydrogens (tertiary/aromatic N) is 3. The lowest BCUT2D eigenvalue weighted by atomic mass is 9.95. The number of aromatic nitrogens is 3. The van der Waals surface area contributed by atoms with Gasteiger partial charge < -0.3 is 9.67 Å². The second-order valence-electron chi connectivity index (χ2n) is 6.29. The predicted molar refractivity (Wildman–Crippen MR) is 89.5 cm³/mol. The molecule has 6 nitrogen and oxygen atoms in total. The molecular formula is C18H21N3O3. The molecular weight excluding hydrogens is 306 g/mol. The fraction of sp³-hybridized carbons (Fsp3) is 0.444. The summed E-state index contributed by atoms with van der Waals surface area (Å²) in [7, 11) is 0. The number of hydrogen-bond acceptors (Lipinski definition) is 4. The SMILES string of the molecule is Cc1ccn(CCc2nc(C)c3c(n2)CCCC3)c(=O)c1C(=O)O. The molecule has 1 aliphatic rings. The molecule has 126 valence electrons. The summed E-state index contributed by atoms with van der Waals surface area (Å²) in [6, 6.07) is 1.66. The number of aryl methyl sites for hydroxylation is 5. The highest BCUT2D eigenvalue weighted by atomic mass is 16.4. The molecule has 2 heterocycles. The summed E-state index contributed by atoms with van der Waals surface area (Å²) in [6.07, 6.45) is 6.52. The minimum absolute atomic E-state index is 0.167. The average molecular weight is 327 g/mol. The quantitative estimate of drug-likeness (QED) is 0.929. The maximum atomic E-state index is 12.3. The molecule has 2 aromatic heterocycles. The third-order valence-corrected chi connectivity index (χ3v) is 4.60. The predicted octanol–water partition coefficient (Wildman–Crippen LogP) is 2.07. The van der Waals surface area contributed by atoms with Gasteiger partial charge in [0.05, 0.1) is 0 Å². The van der Waals surface area contributed by atoms with Crippen LogP contribution in [-0.4, -0.2) is 25.6 Å².